The molecule has 0 saturated carbocycles. The molecule has 0 aliphatic heterocycles. The van der Waals surface area contributed by atoms with Gasteiger partial charge in [0.05, 0.1) is 11.0 Å². The molecule has 2 aromatic rings. The van der Waals surface area contributed by atoms with E-state index in [0.29, 0.717) is 0 Å². The Morgan fingerprint density at radius 1 is 1.16 bits per heavy atom. The lowest BCUT2D eigenvalue weighted by Crippen LogP contribution is -1.93. The molecule has 0 unspecified atom stereocenters. The van der Waals surface area contributed by atoms with E-state index in [9.17, 15) is 15.2 Å². The molecule has 0 saturated heterocycles. The molecule has 2 rings (SSSR count). The topological polar surface area (TPSA) is 63.4 Å². The standard InChI is InChI=1S/C14H13NO3S/c1-10(16)13-4-2-3-5-14(13)19-12-8-6-11(7-9-12)15(17)18/h2-10,16H,1H3/t10-/m1/s1. The van der Waals surface area contributed by atoms with Gasteiger partial charge in [0.25, 0.3) is 5.69 Å². The maximum atomic E-state index is 10.6. The summed E-state index contributed by atoms with van der Waals surface area (Å²) >= 11 is 1.48. The zero-order chi connectivity index (χ0) is 13.8. The molecule has 98 valence electrons. The van der Waals surface area contributed by atoms with E-state index in [0.717, 1.165) is 15.4 Å². The van der Waals surface area contributed by atoms with E-state index in [2.05, 4.69) is 0 Å². The summed E-state index contributed by atoms with van der Waals surface area (Å²) in [5.41, 5.74) is 0.930. The van der Waals surface area contributed by atoms with Crippen molar-refractivity contribution in [1.82, 2.24) is 0 Å². The number of hydrogen-bond donors (Lipinski definition) is 1. The lowest BCUT2D eigenvalue weighted by atomic mass is 10.1. The highest BCUT2D eigenvalue weighted by molar-refractivity contribution is 7.99. The average Bonchev–Trinajstić information content (AvgIpc) is 2.39. The quantitative estimate of drug-likeness (QED) is 0.681. The second-order valence-corrected chi connectivity index (χ2v) is 5.18. The zero-order valence-electron chi connectivity index (χ0n) is 10.3. The predicted octanol–water partition coefficient (Wildman–Crippen LogP) is 3.80. The molecule has 1 atom stereocenters. The number of aliphatic hydroxyl groups is 1. The van der Waals surface area contributed by atoms with Gasteiger partial charge in [-0.1, -0.05) is 30.0 Å². The van der Waals surface area contributed by atoms with Crippen LogP contribution < -0.4 is 0 Å². The monoisotopic (exact) mass is 275 g/mol. The largest absolute Gasteiger partial charge is 0.389 e. The van der Waals surface area contributed by atoms with E-state index in [4.69, 9.17) is 0 Å². The third-order valence-electron chi connectivity index (χ3n) is 2.64. The highest BCUT2D eigenvalue weighted by atomic mass is 32.2. The highest BCUT2D eigenvalue weighted by Gasteiger charge is 2.09. The SMILES string of the molecule is C[C@@H](O)c1ccccc1Sc1ccc([N+](=O)[O-])cc1. The molecule has 5 heteroatoms. The predicted molar refractivity (Wildman–Crippen MR) is 74.3 cm³/mol. The number of rotatable bonds is 4. The molecule has 0 radical (unpaired) electrons. The van der Waals surface area contributed by atoms with Crippen molar-refractivity contribution in [1.29, 1.82) is 0 Å². The average molecular weight is 275 g/mol. The molecule has 19 heavy (non-hydrogen) atoms. The Morgan fingerprint density at radius 2 is 1.79 bits per heavy atom. The summed E-state index contributed by atoms with van der Waals surface area (Å²) in [5.74, 6) is 0. The zero-order valence-corrected chi connectivity index (χ0v) is 11.1. The van der Waals surface area contributed by atoms with Crippen molar-refractivity contribution in [2.75, 3.05) is 0 Å². The molecule has 0 amide bonds. The molecule has 0 fully saturated rings. The second kappa shape index (κ2) is 5.86. The fraction of sp³-hybridized carbons (Fsp3) is 0.143. The van der Waals surface area contributed by atoms with Gasteiger partial charge in [-0.3, -0.25) is 10.1 Å². The van der Waals surface area contributed by atoms with Crippen molar-refractivity contribution >= 4 is 17.4 Å². The maximum Gasteiger partial charge on any atom is 0.269 e. The number of nitrogens with zero attached hydrogens (tertiary/aromatic N) is 1. The maximum absolute atomic E-state index is 10.6. The fourth-order valence-corrected chi connectivity index (χ4v) is 2.71. The van der Waals surface area contributed by atoms with Crippen molar-refractivity contribution in [3.05, 3.63) is 64.2 Å². The third-order valence-corrected chi connectivity index (χ3v) is 3.74. The number of aliphatic hydroxyl groups excluding tert-OH is 1. The second-order valence-electron chi connectivity index (χ2n) is 4.07. The highest BCUT2D eigenvalue weighted by Crippen LogP contribution is 2.33. The summed E-state index contributed by atoms with van der Waals surface area (Å²) in [4.78, 5) is 12.0. The van der Waals surface area contributed by atoms with Crippen LogP contribution in [0, 0.1) is 10.1 Å². The third kappa shape index (κ3) is 3.33. The Balaban J connectivity index is 2.24. The molecule has 0 bridgehead atoms. The smallest absolute Gasteiger partial charge is 0.269 e. The number of hydrogen-bond acceptors (Lipinski definition) is 4. The Labute approximate surface area is 115 Å². The summed E-state index contributed by atoms with van der Waals surface area (Å²) in [5, 5.41) is 20.3. The van der Waals surface area contributed by atoms with Crippen LogP contribution in [0.2, 0.25) is 0 Å². The molecular weight excluding hydrogens is 262 g/mol. The van der Waals surface area contributed by atoms with Crippen LogP contribution in [-0.2, 0) is 0 Å². The van der Waals surface area contributed by atoms with Crippen LogP contribution in [0.25, 0.3) is 0 Å². The fourth-order valence-electron chi connectivity index (χ4n) is 1.68. The molecule has 0 aliphatic rings. The van der Waals surface area contributed by atoms with Gasteiger partial charge < -0.3 is 5.11 Å². The number of nitro benzene ring substituents is 1. The van der Waals surface area contributed by atoms with E-state index < -0.39 is 11.0 Å². The minimum Gasteiger partial charge on any atom is -0.389 e. The lowest BCUT2D eigenvalue weighted by Gasteiger charge is -2.11. The van der Waals surface area contributed by atoms with Crippen LogP contribution in [0.15, 0.2) is 58.3 Å². The molecule has 0 heterocycles. The Kier molecular flexibility index (Phi) is 4.19. The van der Waals surface area contributed by atoms with Gasteiger partial charge in [-0.25, -0.2) is 0 Å². The summed E-state index contributed by atoms with van der Waals surface area (Å²) < 4.78 is 0. The Morgan fingerprint density at radius 3 is 2.37 bits per heavy atom. The van der Waals surface area contributed by atoms with Gasteiger partial charge in [-0.05, 0) is 30.7 Å². The van der Waals surface area contributed by atoms with Crippen molar-refractivity contribution < 1.29 is 10.0 Å². The number of nitro groups is 1. The first-order chi connectivity index (χ1) is 9.08. The molecule has 1 N–H and O–H groups in total. The van der Waals surface area contributed by atoms with Gasteiger partial charge in [0.1, 0.15) is 0 Å². The summed E-state index contributed by atoms with van der Waals surface area (Å²) in [6.07, 6.45) is -0.540. The van der Waals surface area contributed by atoms with Crippen molar-refractivity contribution in [3.8, 4) is 0 Å². The van der Waals surface area contributed by atoms with E-state index >= 15 is 0 Å². The van der Waals surface area contributed by atoms with Crippen molar-refractivity contribution in [2.45, 2.75) is 22.8 Å². The van der Waals surface area contributed by atoms with Gasteiger partial charge >= 0.3 is 0 Å². The van der Waals surface area contributed by atoms with Crippen molar-refractivity contribution in [2.24, 2.45) is 0 Å². The normalized spacial score (nSPS) is 12.1. The number of benzene rings is 2. The van der Waals surface area contributed by atoms with E-state index in [-0.39, 0.29) is 5.69 Å². The lowest BCUT2D eigenvalue weighted by molar-refractivity contribution is -0.384. The minimum absolute atomic E-state index is 0.0770. The van der Waals surface area contributed by atoms with E-state index in [1.165, 1.54) is 23.9 Å². The Bertz CT molecular complexity index is 581. The van der Waals surface area contributed by atoms with Gasteiger partial charge in [0, 0.05) is 21.9 Å². The van der Waals surface area contributed by atoms with Crippen LogP contribution in [-0.4, -0.2) is 10.0 Å². The van der Waals surface area contributed by atoms with Gasteiger partial charge in [0.2, 0.25) is 0 Å². The van der Waals surface area contributed by atoms with Gasteiger partial charge in [0.15, 0.2) is 0 Å². The molecular formula is C14H13NO3S. The number of non-ortho nitro benzene ring substituents is 1. The summed E-state index contributed by atoms with van der Waals surface area (Å²) in [6, 6.07) is 14.0. The van der Waals surface area contributed by atoms with Crippen LogP contribution >= 0.6 is 11.8 Å². The van der Waals surface area contributed by atoms with Gasteiger partial charge in [-0.2, -0.15) is 0 Å². The minimum atomic E-state index is -0.540. The van der Waals surface area contributed by atoms with Crippen LogP contribution in [0.3, 0.4) is 0 Å². The first kappa shape index (κ1) is 13.6. The first-order valence-electron chi connectivity index (χ1n) is 5.77. The molecule has 0 aromatic heterocycles. The summed E-state index contributed by atoms with van der Waals surface area (Å²) in [6.45, 7) is 1.72. The molecule has 0 spiro atoms. The first-order valence-corrected chi connectivity index (χ1v) is 6.59. The van der Waals surface area contributed by atoms with Crippen LogP contribution in [0.4, 0.5) is 5.69 Å². The van der Waals surface area contributed by atoms with Crippen molar-refractivity contribution in [3.63, 3.8) is 0 Å². The molecule has 2 aromatic carbocycles. The summed E-state index contributed by atoms with van der Waals surface area (Å²) in [7, 11) is 0. The Hall–Kier alpha value is -1.85. The molecule has 4 nitrogen and oxygen atoms in total. The van der Waals surface area contributed by atoms with E-state index in [1.54, 1.807) is 19.1 Å². The van der Waals surface area contributed by atoms with Crippen LogP contribution in [0.1, 0.15) is 18.6 Å². The van der Waals surface area contributed by atoms with Crippen LogP contribution in [0.5, 0.6) is 0 Å². The van der Waals surface area contributed by atoms with Gasteiger partial charge in [-0.15, -0.1) is 0 Å². The van der Waals surface area contributed by atoms with E-state index in [1.807, 2.05) is 24.3 Å². The molecule has 0 aliphatic carbocycles.